The Bertz CT molecular complexity index is 837. The Hall–Kier alpha value is -2.47. The SMILES string of the molecule is Nc1nc2c(N3CCN(c4cccc(Cl)c4)CC3)cccn2n1. The van der Waals surface area contributed by atoms with Crippen molar-refractivity contribution in [2.24, 2.45) is 0 Å². The van der Waals surface area contributed by atoms with Crippen molar-refractivity contribution in [3.8, 4) is 0 Å². The van der Waals surface area contributed by atoms with Crippen LogP contribution in [0.15, 0.2) is 42.6 Å². The van der Waals surface area contributed by atoms with Crippen LogP contribution < -0.4 is 15.5 Å². The van der Waals surface area contributed by atoms with Crippen molar-refractivity contribution in [1.29, 1.82) is 0 Å². The third-order valence-corrected chi connectivity index (χ3v) is 4.39. The van der Waals surface area contributed by atoms with Crippen LogP contribution in [0.3, 0.4) is 0 Å². The lowest BCUT2D eigenvalue weighted by atomic mass is 10.2. The molecule has 1 saturated heterocycles. The molecule has 1 aliphatic rings. The number of nitrogens with zero attached hydrogens (tertiary/aromatic N) is 5. The van der Waals surface area contributed by atoms with E-state index in [4.69, 9.17) is 17.3 Å². The van der Waals surface area contributed by atoms with Crippen molar-refractivity contribution in [3.63, 3.8) is 0 Å². The van der Waals surface area contributed by atoms with E-state index in [1.807, 2.05) is 30.5 Å². The van der Waals surface area contributed by atoms with Crippen LogP contribution in [-0.4, -0.2) is 40.8 Å². The smallest absolute Gasteiger partial charge is 0.240 e. The van der Waals surface area contributed by atoms with Gasteiger partial charge in [0.05, 0.1) is 5.69 Å². The van der Waals surface area contributed by atoms with E-state index in [2.05, 4.69) is 32.0 Å². The highest BCUT2D eigenvalue weighted by atomic mass is 35.5. The van der Waals surface area contributed by atoms with Crippen molar-refractivity contribution in [2.75, 3.05) is 41.7 Å². The van der Waals surface area contributed by atoms with E-state index in [9.17, 15) is 0 Å². The van der Waals surface area contributed by atoms with Crippen LogP contribution in [0.1, 0.15) is 0 Å². The summed E-state index contributed by atoms with van der Waals surface area (Å²) in [7, 11) is 0. The zero-order valence-electron chi connectivity index (χ0n) is 12.6. The van der Waals surface area contributed by atoms with Gasteiger partial charge in [-0.1, -0.05) is 17.7 Å². The van der Waals surface area contributed by atoms with E-state index in [0.29, 0.717) is 5.95 Å². The van der Waals surface area contributed by atoms with Crippen molar-refractivity contribution in [3.05, 3.63) is 47.6 Å². The number of pyridine rings is 1. The highest BCUT2D eigenvalue weighted by Crippen LogP contribution is 2.25. The fourth-order valence-corrected chi connectivity index (χ4v) is 3.22. The predicted molar refractivity (Wildman–Crippen MR) is 93.3 cm³/mol. The minimum Gasteiger partial charge on any atom is -0.368 e. The molecule has 0 unspecified atom stereocenters. The van der Waals surface area contributed by atoms with E-state index in [-0.39, 0.29) is 0 Å². The quantitative estimate of drug-likeness (QED) is 0.782. The standard InChI is InChI=1S/C16H17ClN6/c17-12-3-1-4-13(11-12)21-7-9-22(10-8-21)14-5-2-6-23-15(14)19-16(18)20-23/h1-6,11H,7-10H2,(H2,18,20). The second-order valence-corrected chi connectivity index (χ2v) is 6.02. The molecule has 0 radical (unpaired) electrons. The Morgan fingerprint density at radius 3 is 2.57 bits per heavy atom. The molecular weight excluding hydrogens is 312 g/mol. The van der Waals surface area contributed by atoms with E-state index in [1.54, 1.807) is 4.52 Å². The summed E-state index contributed by atoms with van der Waals surface area (Å²) >= 11 is 6.09. The van der Waals surface area contributed by atoms with Gasteiger partial charge >= 0.3 is 0 Å². The zero-order valence-corrected chi connectivity index (χ0v) is 13.3. The number of benzene rings is 1. The molecule has 2 N–H and O–H groups in total. The maximum absolute atomic E-state index is 6.09. The number of hydrogen-bond donors (Lipinski definition) is 1. The van der Waals surface area contributed by atoms with E-state index in [0.717, 1.165) is 42.5 Å². The molecule has 1 fully saturated rings. The van der Waals surface area contributed by atoms with Gasteiger partial charge in [0.15, 0.2) is 5.65 Å². The molecule has 7 heteroatoms. The number of piperazine rings is 1. The molecule has 0 atom stereocenters. The molecule has 1 aliphatic heterocycles. The maximum Gasteiger partial charge on any atom is 0.240 e. The van der Waals surface area contributed by atoms with Crippen LogP contribution >= 0.6 is 11.6 Å². The number of hydrogen-bond acceptors (Lipinski definition) is 5. The van der Waals surface area contributed by atoms with Crippen LogP contribution in [0, 0.1) is 0 Å². The second kappa shape index (κ2) is 5.62. The summed E-state index contributed by atoms with van der Waals surface area (Å²) in [6.45, 7) is 3.70. The van der Waals surface area contributed by atoms with E-state index in [1.165, 1.54) is 5.69 Å². The Balaban J connectivity index is 1.55. The van der Waals surface area contributed by atoms with Crippen LogP contribution in [-0.2, 0) is 0 Å². The number of fused-ring (bicyclic) bond motifs is 1. The van der Waals surface area contributed by atoms with Gasteiger partial charge in [0.25, 0.3) is 0 Å². The first-order chi connectivity index (χ1) is 11.2. The van der Waals surface area contributed by atoms with Gasteiger partial charge in [0.2, 0.25) is 5.95 Å². The maximum atomic E-state index is 6.09. The predicted octanol–water partition coefficient (Wildman–Crippen LogP) is 2.29. The molecule has 0 spiro atoms. The third-order valence-electron chi connectivity index (χ3n) is 4.15. The lowest BCUT2D eigenvalue weighted by Gasteiger charge is -2.37. The lowest BCUT2D eigenvalue weighted by molar-refractivity contribution is 0.653. The molecule has 1 aromatic carbocycles. The van der Waals surface area contributed by atoms with Gasteiger partial charge in [-0.2, -0.15) is 4.98 Å². The topological polar surface area (TPSA) is 62.7 Å². The average Bonchev–Trinajstić information content (AvgIpc) is 2.95. The largest absolute Gasteiger partial charge is 0.368 e. The summed E-state index contributed by atoms with van der Waals surface area (Å²) in [6.07, 6.45) is 1.87. The van der Waals surface area contributed by atoms with Crippen LogP contribution in [0.25, 0.3) is 5.65 Å². The summed E-state index contributed by atoms with van der Waals surface area (Å²) in [6, 6.07) is 12.0. The fourth-order valence-electron chi connectivity index (χ4n) is 3.03. The van der Waals surface area contributed by atoms with Crippen molar-refractivity contribution >= 4 is 34.6 Å². The van der Waals surface area contributed by atoms with Crippen molar-refractivity contribution in [1.82, 2.24) is 14.6 Å². The molecule has 23 heavy (non-hydrogen) atoms. The van der Waals surface area contributed by atoms with Crippen LogP contribution in [0.5, 0.6) is 0 Å². The molecule has 0 aliphatic carbocycles. The summed E-state index contributed by atoms with van der Waals surface area (Å²) in [5.41, 5.74) is 8.77. The number of anilines is 3. The van der Waals surface area contributed by atoms with Gasteiger partial charge in [-0.05, 0) is 30.3 Å². The lowest BCUT2D eigenvalue weighted by Crippen LogP contribution is -2.46. The van der Waals surface area contributed by atoms with Gasteiger partial charge in [-0.25, -0.2) is 4.52 Å². The van der Waals surface area contributed by atoms with Gasteiger partial charge in [-0.3, -0.25) is 0 Å². The number of rotatable bonds is 2. The Kier molecular flexibility index (Phi) is 3.46. The molecule has 4 rings (SSSR count). The number of halogens is 1. The molecule has 3 aromatic rings. The summed E-state index contributed by atoms with van der Waals surface area (Å²) in [4.78, 5) is 9.01. The van der Waals surface area contributed by atoms with E-state index >= 15 is 0 Å². The van der Waals surface area contributed by atoms with Gasteiger partial charge in [-0.15, -0.1) is 5.10 Å². The van der Waals surface area contributed by atoms with Gasteiger partial charge in [0.1, 0.15) is 0 Å². The first-order valence-electron chi connectivity index (χ1n) is 7.57. The second-order valence-electron chi connectivity index (χ2n) is 5.59. The van der Waals surface area contributed by atoms with Crippen molar-refractivity contribution in [2.45, 2.75) is 0 Å². The Morgan fingerprint density at radius 2 is 1.78 bits per heavy atom. The molecule has 118 valence electrons. The molecule has 2 aromatic heterocycles. The van der Waals surface area contributed by atoms with Gasteiger partial charge in [0, 0.05) is 43.1 Å². The highest BCUT2D eigenvalue weighted by molar-refractivity contribution is 6.30. The monoisotopic (exact) mass is 328 g/mol. The fraction of sp³-hybridized carbons (Fsp3) is 0.250. The van der Waals surface area contributed by atoms with Crippen LogP contribution in [0.2, 0.25) is 5.02 Å². The third kappa shape index (κ3) is 2.66. The van der Waals surface area contributed by atoms with Crippen LogP contribution in [0.4, 0.5) is 17.3 Å². The molecule has 0 saturated carbocycles. The Labute approximate surface area is 139 Å². The molecule has 6 nitrogen and oxygen atoms in total. The van der Waals surface area contributed by atoms with E-state index < -0.39 is 0 Å². The Morgan fingerprint density at radius 1 is 1.00 bits per heavy atom. The molecule has 3 heterocycles. The molecule has 0 bridgehead atoms. The summed E-state index contributed by atoms with van der Waals surface area (Å²) in [5.74, 6) is 0.301. The first kappa shape index (κ1) is 14.1. The summed E-state index contributed by atoms with van der Waals surface area (Å²) in [5, 5.41) is 4.94. The summed E-state index contributed by atoms with van der Waals surface area (Å²) < 4.78 is 1.73. The molecule has 0 amide bonds. The minimum absolute atomic E-state index is 0.301. The first-order valence-corrected chi connectivity index (χ1v) is 7.95. The number of nitrogens with two attached hydrogens (primary N) is 1. The molecular formula is C16H17ClN6. The van der Waals surface area contributed by atoms with Crippen molar-refractivity contribution < 1.29 is 0 Å². The number of aromatic nitrogens is 3. The average molecular weight is 329 g/mol. The highest BCUT2D eigenvalue weighted by Gasteiger charge is 2.20. The number of nitrogen functional groups attached to an aromatic ring is 1. The minimum atomic E-state index is 0.301. The van der Waals surface area contributed by atoms with Gasteiger partial charge < -0.3 is 15.5 Å². The zero-order chi connectivity index (χ0) is 15.8. The normalized spacial score (nSPS) is 15.3.